The van der Waals surface area contributed by atoms with Crippen molar-refractivity contribution in [2.45, 2.75) is 25.7 Å². The summed E-state index contributed by atoms with van der Waals surface area (Å²) in [5.74, 6) is 0.779. The largest absolute Gasteiger partial charge is 0.455 e. The number of nitriles is 1. The molecule has 0 amide bonds. The standard InChI is InChI=1S/C20H14ClN3O3S/c21-12-5-7-17(24(25)26)15(9-12)18-8-6-13(27-18)11-23-20-16(10-22)14-3-1-2-4-19(14)28-20/h5-9,11H,1-4H2. The van der Waals surface area contributed by atoms with E-state index >= 15 is 0 Å². The Labute approximate surface area is 169 Å². The lowest BCUT2D eigenvalue weighted by Crippen LogP contribution is -1.99. The van der Waals surface area contributed by atoms with Crippen molar-refractivity contribution >= 4 is 39.8 Å². The van der Waals surface area contributed by atoms with Crippen molar-refractivity contribution in [1.29, 1.82) is 5.26 Å². The number of rotatable bonds is 4. The summed E-state index contributed by atoms with van der Waals surface area (Å²) in [6.07, 6.45) is 5.70. The van der Waals surface area contributed by atoms with E-state index < -0.39 is 4.92 Å². The fourth-order valence-corrected chi connectivity index (χ4v) is 4.67. The molecule has 0 bridgehead atoms. The minimum Gasteiger partial charge on any atom is -0.455 e. The van der Waals surface area contributed by atoms with Crippen LogP contribution in [0.3, 0.4) is 0 Å². The molecule has 2 heterocycles. The number of hydrogen-bond donors (Lipinski definition) is 0. The number of nitro benzene ring substituents is 1. The van der Waals surface area contributed by atoms with E-state index in [4.69, 9.17) is 16.0 Å². The van der Waals surface area contributed by atoms with Gasteiger partial charge in [0.2, 0.25) is 0 Å². The number of benzene rings is 1. The van der Waals surface area contributed by atoms with Gasteiger partial charge in [0.1, 0.15) is 22.6 Å². The number of halogens is 1. The highest BCUT2D eigenvalue weighted by Gasteiger charge is 2.21. The second-order valence-corrected chi connectivity index (χ2v) is 7.90. The van der Waals surface area contributed by atoms with Gasteiger partial charge in [-0.05, 0) is 55.5 Å². The lowest BCUT2D eigenvalue weighted by atomic mass is 9.96. The van der Waals surface area contributed by atoms with E-state index in [1.165, 1.54) is 29.3 Å². The second-order valence-electron chi connectivity index (χ2n) is 6.38. The van der Waals surface area contributed by atoms with E-state index in [0.717, 1.165) is 31.2 Å². The first-order valence-electron chi connectivity index (χ1n) is 8.69. The second kappa shape index (κ2) is 7.58. The van der Waals surface area contributed by atoms with Crippen molar-refractivity contribution in [1.82, 2.24) is 0 Å². The summed E-state index contributed by atoms with van der Waals surface area (Å²) in [6.45, 7) is 0. The number of aliphatic imine (C=N–C) groups is 1. The van der Waals surface area contributed by atoms with Crippen LogP contribution in [-0.2, 0) is 12.8 Å². The molecule has 0 spiro atoms. The van der Waals surface area contributed by atoms with Crippen LogP contribution in [0.4, 0.5) is 10.7 Å². The number of fused-ring (bicyclic) bond motifs is 1. The van der Waals surface area contributed by atoms with Gasteiger partial charge in [-0.1, -0.05) is 11.6 Å². The Hall–Kier alpha value is -2.95. The third kappa shape index (κ3) is 3.44. The first-order chi connectivity index (χ1) is 13.6. The van der Waals surface area contributed by atoms with E-state index in [2.05, 4.69) is 11.1 Å². The highest BCUT2D eigenvalue weighted by molar-refractivity contribution is 7.16. The number of nitro groups is 1. The predicted molar refractivity (Wildman–Crippen MR) is 109 cm³/mol. The van der Waals surface area contributed by atoms with E-state index in [9.17, 15) is 15.4 Å². The molecule has 8 heteroatoms. The molecule has 1 aromatic carbocycles. The fraction of sp³-hybridized carbons (Fsp3) is 0.200. The van der Waals surface area contributed by atoms with Crippen LogP contribution in [0.15, 0.2) is 39.7 Å². The van der Waals surface area contributed by atoms with Gasteiger partial charge in [-0.15, -0.1) is 11.3 Å². The number of thiophene rings is 1. The zero-order valence-corrected chi connectivity index (χ0v) is 16.2. The number of nitrogens with zero attached hydrogens (tertiary/aromatic N) is 3. The molecule has 3 aromatic rings. The average molecular weight is 412 g/mol. The zero-order valence-electron chi connectivity index (χ0n) is 14.6. The fourth-order valence-electron chi connectivity index (χ4n) is 3.31. The maximum Gasteiger partial charge on any atom is 0.280 e. The molecule has 28 heavy (non-hydrogen) atoms. The molecule has 0 N–H and O–H groups in total. The number of aryl methyl sites for hydroxylation is 1. The maximum atomic E-state index is 11.3. The van der Waals surface area contributed by atoms with Crippen LogP contribution < -0.4 is 0 Å². The molecule has 4 rings (SSSR count). The van der Waals surface area contributed by atoms with E-state index in [1.54, 1.807) is 23.5 Å². The van der Waals surface area contributed by atoms with Crippen LogP contribution in [0.1, 0.15) is 34.6 Å². The minimum absolute atomic E-state index is 0.0834. The summed E-state index contributed by atoms with van der Waals surface area (Å²) in [5, 5.41) is 21.8. The van der Waals surface area contributed by atoms with Crippen molar-refractivity contribution in [3.8, 4) is 17.4 Å². The van der Waals surface area contributed by atoms with Crippen molar-refractivity contribution in [2.24, 2.45) is 4.99 Å². The lowest BCUT2D eigenvalue weighted by molar-refractivity contribution is -0.384. The molecule has 0 fully saturated rings. The predicted octanol–water partition coefficient (Wildman–Crippen LogP) is 6.07. The molecular formula is C20H14ClN3O3S. The Balaban J connectivity index is 1.65. The summed E-state index contributed by atoms with van der Waals surface area (Å²) in [4.78, 5) is 16.5. The molecular weight excluding hydrogens is 398 g/mol. The molecule has 6 nitrogen and oxygen atoms in total. The Kier molecular flexibility index (Phi) is 4.99. The normalized spacial score (nSPS) is 13.4. The Bertz CT molecular complexity index is 1140. The maximum absolute atomic E-state index is 11.3. The summed E-state index contributed by atoms with van der Waals surface area (Å²) >= 11 is 7.53. The van der Waals surface area contributed by atoms with Crippen LogP contribution in [-0.4, -0.2) is 11.1 Å². The van der Waals surface area contributed by atoms with Gasteiger partial charge in [0.05, 0.1) is 22.3 Å². The first-order valence-corrected chi connectivity index (χ1v) is 9.89. The van der Waals surface area contributed by atoms with Gasteiger partial charge in [-0.25, -0.2) is 4.99 Å². The summed E-state index contributed by atoms with van der Waals surface area (Å²) in [6, 6.07) is 9.92. The van der Waals surface area contributed by atoms with Crippen molar-refractivity contribution in [3.63, 3.8) is 0 Å². The van der Waals surface area contributed by atoms with Gasteiger partial charge in [-0.3, -0.25) is 10.1 Å². The van der Waals surface area contributed by atoms with Gasteiger partial charge >= 0.3 is 0 Å². The summed E-state index contributed by atoms with van der Waals surface area (Å²) < 4.78 is 5.72. The molecule has 0 radical (unpaired) electrons. The van der Waals surface area contributed by atoms with Crippen LogP contribution in [0, 0.1) is 21.4 Å². The Morgan fingerprint density at radius 2 is 2.11 bits per heavy atom. The molecule has 1 aliphatic carbocycles. The molecule has 0 saturated carbocycles. The smallest absolute Gasteiger partial charge is 0.280 e. The highest BCUT2D eigenvalue weighted by Crippen LogP contribution is 2.39. The summed E-state index contributed by atoms with van der Waals surface area (Å²) in [7, 11) is 0. The average Bonchev–Trinajstić information content (AvgIpc) is 3.30. The van der Waals surface area contributed by atoms with E-state index in [-0.39, 0.29) is 5.69 Å². The molecule has 1 aliphatic rings. The van der Waals surface area contributed by atoms with E-state index in [1.807, 2.05) is 0 Å². The molecule has 0 saturated heterocycles. The molecule has 2 aromatic heterocycles. The SMILES string of the molecule is N#Cc1c(N=Cc2ccc(-c3cc(Cl)ccc3[N+](=O)[O-])o2)sc2c1CCCC2. The summed E-state index contributed by atoms with van der Waals surface area (Å²) in [5.41, 5.74) is 2.00. The van der Waals surface area contributed by atoms with Crippen molar-refractivity contribution < 1.29 is 9.34 Å². The monoisotopic (exact) mass is 411 g/mol. The Morgan fingerprint density at radius 1 is 1.29 bits per heavy atom. The van der Waals surface area contributed by atoms with Gasteiger partial charge in [0.15, 0.2) is 0 Å². The molecule has 0 unspecified atom stereocenters. The van der Waals surface area contributed by atoms with Crippen molar-refractivity contribution in [2.75, 3.05) is 0 Å². The molecule has 140 valence electrons. The van der Waals surface area contributed by atoms with Crippen LogP contribution in [0.5, 0.6) is 0 Å². The van der Waals surface area contributed by atoms with Gasteiger partial charge in [-0.2, -0.15) is 5.26 Å². The number of hydrogen-bond acceptors (Lipinski definition) is 6. The highest BCUT2D eigenvalue weighted by atomic mass is 35.5. The quantitative estimate of drug-likeness (QED) is 0.296. The lowest BCUT2D eigenvalue weighted by Gasteiger charge is -2.09. The van der Waals surface area contributed by atoms with Crippen LogP contribution >= 0.6 is 22.9 Å². The molecule has 0 aliphatic heterocycles. The minimum atomic E-state index is -0.475. The topological polar surface area (TPSA) is 92.4 Å². The van der Waals surface area contributed by atoms with Crippen LogP contribution in [0.25, 0.3) is 11.3 Å². The zero-order chi connectivity index (χ0) is 19.7. The van der Waals surface area contributed by atoms with Crippen LogP contribution in [0.2, 0.25) is 5.02 Å². The van der Waals surface area contributed by atoms with Crippen molar-refractivity contribution in [3.05, 3.63) is 67.2 Å². The van der Waals surface area contributed by atoms with Gasteiger partial charge in [0.25, 0.3) is 5.69 Å². The number of furan rings is 1. The van der Waals surface area contributed by atoms with Gasteiger partial charge in [0, 0.05) is 16.0 Å². The third-order valence-electron chi connectivity index (χ3n) is 4.62. The van der Waals surface area contributed by atoms with E-state index in [0.29, 0.717) is 32.7 Å². The Morgan fingerprint density at radius 3 is 2.89 bits per heavy atom. The third-order valence-corrected chi connectivity index (χ3v) is 6.06. The van der Waals surface area contributed by atoms with Gasteiger partial charge < -0.3 is 4.42 Å². The first kappa shape index (κ1) is 18.4. The molecule has 0 atom stereocenters.